The van der Waals surface area contributed by atoms with Crippen molar-refractivity contribution in [2.24, 2.45) is 12.8 Å². The Morgan fingerprint density at radius 2 is 1.95 bits per heavy atom. The van der Waals surface area contributed by atoms with Crippen LogP contribution in [0.2, 0.25) is 0 Å². The van der Waals surface area contributed by atoms with Crippen LogP contribution < -0.4 is 11.3 Å². The number of rotatable bonds is 4. The molecule has 0 aliphatic heterocycles. The summed E-state index contributed by atoms with van der Waals surface area (Å²) in [4.78, 5) is 23.3. The molecule has 2 rings (SSSR count). The number of pyridine rings is 1. The first-order valence-electron chi connectivity index (χ1n) is 6.61. The first kappa shape index (κ1) is 15.0. The van der Waals surface area contributed by atoms with Gasteiger partial charge in [-0.2, -0.15) is 0 Å². The van der Waals surface area contributed by atoms with Gasteiger partial charge in [-0.25, -0.2) is 0 Å². The van der Waals surface area contributed by atoms with Gasteiger partial charge in [-0.15, -0.1) is 0 Å². The van der Waals surface area contributed by atoms with Crippen LogP contribution in [0.15, 0.2) is 47.4 Å². The van der Waals surface area contributed by atoms with E-state index in [-0.39, 0.29) is 5.56 Å². The second-order valence-electron chi connectivity index (χ2n) is 4.87. The predicted molar refractivity (Wildman–Crippen MR) is 80.8 cm³/mol. The van der Waals surface area contributed by atoms with Gasteiger partial charge in [0.05, 0.1) is 7.11 Å². The van der Waals surface area contributed by atoms with E-state index >= 15 is 0 Å². The minimum atomic E-state index is -0.676. The Morgan fingerprint density at radius 1 is 1.29 bits per heavy atom. The molecule has 0 bridgehead atoms. The van der Waals surface area contributed by atoms with Gasteiger partial charge in [0.1, 0.15) is 6.04 Å². The number of hydrogen-bond acceptors (Lipinski definition) is 4. The Hall–Kier alpha value is -2.40. The van der Waals surface area contributed by atoms with E-state index < -0.39 is 12.0 Å². The summed E-state index contributed by atoms with van der Waals surface area (Å²) in [6.07, 6.45) is 2.12. The third-order valence-electron chi connectivity index (χ3n) is 3.35. The van der Waals surface area contributed by atoms with Crippen molar-refractivity contribution in [1.29, 1.82) is 0 Å². The summed E-state index contributed by atoms with van der Waals surface area (Å²) in [5, 5.41) is 0. The fourth-order valence-corrected chi connectivity index (χ4v) is 2.13. The van der Waals surface area contributed by atoms with E-state index in [1.165, 1.54) is 11.7 Å². The lowest BCUT2D eigenvalue weighted by molar-refractivity contribution is -0.142. The molecule has 0 unspecified atom stereocenters. The van der Waals surface area contributed by atoms with E-state index in [4.69, 9.17) is 5.73 Å². The van der Waals surface area contributed by atoms with Crippen LogP contribution in [0.5, 0.6) is 0 Å². The minimum absolute atomic E-state index is 0.0449. The molecule has 0 fully saturated rings. The molecule has 1 heterocycles. The Bertz CT molecular complexity index is 689. The Morgan fingerprint density at radius 3 is 2.57 bits per heavy atom. The number of methoxy groups -OCH3 is 1. The number of ether oxygens (including phenoxy) is 1. The molecule has 110 valence electrons. The van der Waals surface area contributed by atoms with Crippen molar-refractivity contribution in [2.75, 3.05) is 7.11 Å². The summed E-state index contributed by atoms with van der Waals surface area (Å²) in [5.41, 5.74) is 8.08. The molecular formula is C16H18N2O3. The van der Waals surface area contributed by atoms with Gasteiger partial charge >= 0.3 is 5.97 Å². The molecule has 21 heavy (non-hydrogen) atoms. The number of aryl methyl sites for hydroxylation is 1. The molecule has 0 aliphatic rings. The lowest BCUT2D eigenvalue weighted by Crippen LogP contribution is -2.33. The zero-order chi connectivity index (χ0) is 15.4. The highest BCUT2D eigenvalue weighted by Gasteiger charge is 2.14. The quantitative estimate of drug-likeness (QED) is 0.854. The first-order chi connectivity index (χ1) is 10.0. The molecule has 2 aromatic rings. The fourth-order valence-electron chi connectivity index (χ4n) is 2.13. The van der Waals surface area contributed by atoms with Crippen molar-refractivity contribution in [3.05, 3.63) is 58.5 Å². The number of esters is 1. The van der Waals surface area contributed by atoms with Gasteiger partial charge in [-0.05, 0) is 29.7 Å². The van der Waals surface area contributed by atoms with Crippen molar-refractivity contribution in [3.8, 4) is 11.1 Å². The molecule has 0 radical (unpaired) electrons. The van der Waals surface area contributed by atoms with Crippen LogP contribution in [-0.4, -0.2) is 23.7 Å². The summed E-state index contributed by atoms with van der Waals surface area (Å²) < 4.78 is 6.14. The van der Waals surface area contributed by atoms with Crippen molar-refractivity contribution in [1.82, 2.24) is 4.57 Å². The molecule has 5 nitrogen and oxygen atoms in total. The third kappa shape index (κ3) is 3.38. The summed E-state index contributed by atoms with van der Waals surface area (Å²) in [6.45, 7) is 0. The number of benzene rings is 1. The zero-order valence-corrected chi connectivity index (χ0v) is 12.1. The standard InChI is InChI=1S/C16H18N2O3/c1-18-9-3-4-13(15(18)19)12-7-5-11(6-8-12)10-14(17)16(20)21-2/h3-9,14H,10,17H2,1-2H3/t14-/m0/s1. The largest absolute Gasteiger partial charge is 0.468 e. The molecule has 0 amide bonds. The van der Waals surface area contributed by atoms with Crippen molar-refractivity contribution in [2.45, 2.75) is 12.5 Å². The molecule has 2 N–H and O–H groups in total. The zero-order valence-electron chi connectivity index (χ0n) is 12.1. The number of nitrogens with zero attached hydrogens (tertiary/aromatic N) is 1. The first-order valence-corrected chi connectivity index (χ1v) is 6.61. The molecule has 0 aliphatic carbocycles. The summed E-state index contributed by atoms with van der Waals surface area (Å²) in [5.74, 6) is -0.434. The summed E-state index contributed by atoms with van der Waals surface area (Å²) in [6, 6.07) is 10.4. The smallest absolute Gasteiger partial charge is 0.322 e. The molecule has 0 spiro atoms. The van der Waals surface area contributed by atoms with Gasteiger partial charge in [0, 0.05) is 18.8 Å². The minimum Gasteiger partial charge on any atom is -0.468 e. The molecule has 0 saturated heterocycles. The molecule has 0 saturated carbocycles. The number of aromatic nitrogens is 1. The maximum Gasteiger partial charge on any atom is 0.322 e. The van der Waals surface area contributed by atoms with E-state index in [0.717, 1.165) is 11.1 Å². The van der Waals surface area contributed by atoms with Crippen LogP contribution >= 0.6 is 0 Å². The van der Waals surface area contributed by atoms with E-state index in [9.17, 15) is 9.59 Å². The lowest BCUT2D eigenvalue weighted by atomic mass is 10.0. The SMILES string of the molecule is COC(=O)[C@@H](N)Cc1ccc(-c2cccn(C)c2=O)cc1. The summed E-state index contributed by atoms with van der Waals surface area (Å²) >= 11 is 0. The predicted octanol–water partition coefficient (Wildman–Crippen LogP) is 1.10. The van der Waals surface area contributed by atoms with Crippen molar-refractivity contribution < 1.29 is 9.53 Å². The fraction of sp³-hybridized carbons (Fsp3) is 0.250. The number of nitrogens with two attached hydrogens (primary N) is 1. The van der Waals surface area contributed by atoms with Crippen LogP contribution in [0.1, 0.15) is 5.56 Å². The van der Waals surface area contributed by atoms with Crippen LogP contribution in [0.25, 0.3) is 11.1 Å². The highest BCUT2D eigenvalue weighted by Crippen LogP contribution is 2.16. The highest BCUT2D eigenvalue weighted by atomic mass is 16.5. The lowest BCUT2D eigenvalue weighted by Gasteiger charge is -2.10. The maximum absolute atomic E-state index is 12.0. The van der Waals surface area contributed by atoms with Crippen molar-refractivity contribution in [3.63, 3.8) is 0 Å². The van der Waals surface area contributed by atoms with Crippen LogP contribution in [0.3, 0.4) is 0 Å². The molecule has 5 heteroatoms. The number of carbonyl (C=O) groups is 1. The van der Waals surface area contributed by atoms with Gasteiger partial charge in [0.25, 0.3) is 5.56 Å². The van der Waals surface area contributed by atoms with E-state index in [1.54, 1.807) is 19.3 Å². The van der Waals surface area contributed by atoms with Crippen LogP contribution in [0, 0.1) is 0 Å². The monoisotopic (exact) mass is 286 g/mol. The molecule has 1 aromatic carbocycles. The van der Waals surface area contributed by atoms with E-state index in [0.29, 0.717) is 12.0 Å². The molecular weight excluding hydrogens is 268 g/mol. The molecule has 1 atom stereocenters. The number of carbonyl (C=O) groups excluding carboxylic acids is 1. The van der Waals surface area contributed by atoms with E-state index in [1.807, 2.05) is 30.3 Å². The van der Waals surface area contributed by atoms with Gasteiger partial charge in [-0.3, -0.25) is 9.59 Å². The maximum atomic E-state index is 12.0. The normalized spacial score (nSPS) is 12.0. The average molecular weight is 286 g/mol. The second-order valence-corrected chi connectivity index (χ2v) is 4.87. The third-order valence-corrected chi connectivity index (χ3v) is 3.35. The molecule has 1 aromatic heterocycles. The Kier molecular flexibility index (Phi) is 4.55. The van der Waals surface area contributed by atoms with E-state index in [2.05, 4.69) is 4.74 Å². The number of hydrogen-bond donors (Lipinski definition) is 1. The van der Waals surface area contributed by atoms with Crippen LogP contribution in [-0.2, 0) is 23.0 Å². The Labute approximate surface area is 123 Å². The highest BCUT2D eigenvalue weighted by molar-refractivity contribution is 5.75. The Balaban J connectivity index is 2.21. The second kappa shape index (κ2) is 6.37. The van der Waals surface area contributed by atoms with Crippen molar-refractivity contribution >= 4 is 5.97 Å². The topological polar surface area (TPSA) is 74.3 Å². The average Bonchev–Trinajstić information content (AvgIpc) is 2.50. The summed E-state index contributed by atoms with van der Waals surface area (Å²) in [7, 11) is 3.03. The van der Waals surface area contributed by atoms with Gasteiger partial charge < -0.3 is 15.0 Å². The van der Waals surface area contributed by atoms with Gasteiger partial charge in [0.15, 0.2) is 0 Å². The van der Waals surface area contributed by atoms with Crippen LogP contribution in [0.4, 0.5) is 0 Å². The van der Waals surface area contributed by atoms with Gasteiger partial charge in [-0.1, -0.05) is 24.3 Å². The van der Waals surface area contributed by atoms with Gasteiger partial charge in [0.2, 0.25) is 0 Å².